The molecule has 2 aromatic heterocycles. The third kappa shape index (κ3) is 4.37. The van der Waals surface area contributed by atoms with Crippen LogP contribution in [0.15, 0.2) is 41.3 Å². The maximum atomic E-state index is 12.9. The number of hydrogen-bond donors (Lipinski definition) is 0. The first kappa shape index (κ1) is 19.3. The van der Waals surface area contributed by atoms with Gasteiger partial charge in [0, 0.05) is 36.9 Å². The quantitative estimate of drug-likeness (QED) is 0.633. The fraction of sp³-hybridized carbons (Fsp3) is 0.350. The summed E-state index contributed by atoms with van der Waals surface area (Å²) in [7, 11) is 1.54. The molecule has 1 saturated heterocycles. The predicted molar refractivity (Wildman–Crippen MR) is 106 cm³/mol. The van der Waals surface area contributed by atoms with E-state index >= 15 is 0 Å². The number of benzene rings is 1. The van der Waals surface area contributed by atoms with Gasteiger partial charge in [0.15, 0.2) is 0 Å². The summed E-state index contributed by atoms with van der Waals surface area (Å²) < 4.78 is 10.7. The Morgan fingerprint density at radius 1 is 1.31 bits per heavy atom. The summed E-state index contributed by atoms with van der Waals surface area (Å²) in [5.74, 6) is 1.85. The van der Waals surface area contributed by atoms with Crippen molar-refractivity contribution >= 4 is 17.5 Å². The Bertz CT molecular complexity index is 987. The van der Waals surface area contributed by atoms with Gasteiger partial charge in [0.1, 0.15) is 11.4 Å². The molecule has 0 bridgehead atoms. The zero-order valence-electron chi connectivity index (χ0n) is 15.9. The summed E-state index contributed by atoms with van der Waals surface area (Å²) in [5, 5.41) is 4.52. The predicted octanol–water partition coefficient (Wildman–Crippen LogP) is 3.28. The molecule has 3 heterocycles. The van der Waals surface area contributed by atoms with Crippen LogP contribution >= 0.6 is 11.6 Å². The Hall–Kier alpha value is -3.00. The van der Waals surface area contributed by atoms with Crippen LogP contribution in [0.1, 0.15) is 29.1 Å². The maximum absolute atomic E-state index is 12.9. The smallest absolute Gasteiger partial charge is 0.257 e. The van der Waals surface area contributed by atoms with Crippen molar-refractivity contribution in [3.05, 3.63) is 53.3 Å². The molecule has 0 atom stereocenters. The lowest BCUT2D eigenvalue weighted by atomic mass is 9.93. The first-order chi connectivity index (χ1) is 14.1. The molecule has 1 amide bonds. The lowest BCUT2D eigenvalue weighted by molar-refractivity contribution is 0.0684. The Balaban J connectivity index is 1.35. The van der Waals surface area contributed by atoms with Crippen LogP contribution in [0.5, 0.6) is 5.75 Å². The second-order valence-corrected chi connectivity index (χ2v) is 7.32. The number of hydrogen-bond acceptors (Lipinski definition) is 7. The van der Waals surface area contributed by atoms with E-state index in [0.29, 0.717) is 59.2 Å². The third-order valence-corrected chi connectivity index (χ3v) is 5.25. The number of methoxy groups -OCH3 is 1. The first-order valence-corrected chi connectivity index (χ1v) is 9.73. The van der Waals surface area contributed by atoms with E-state index < -0.39 is 0 Å². The normalized spacial score (nSPS) is 14.8. The van der Waals surface area contributed by atoms with Gasteiger partial charge in [-0.1, -0.05) is 16.8 Å². The van der Waals surface area contributed by atoms with Gasteiger partial charge in [-0.05, 0) is 37.0 Å². The number of likely N-dealkylation sites (tertiary alicyclic amines) is 1. The highest BCUT2D eigenvalue weighted by Crippen LogP contribution is 2.27. The number of piperidine rings is 1. The maximum Gasteiger partial charge on any atom is 0.257 e. The van der Waals surface area contributed by atoms with Crippen LogP contribution in [-0.4, -0.2) is 51.1 Å². The van der Waals surface area contributed by atoms with E-state index in [1.54, 1.807) is 36.8 Å². The molecular weight excluding hydrogens is 394 g/mol. The van der Waals surface area contributed by atoms with E-state index in [0.717, 1.165) is 12.8 Å². The molecule has 0 radical (unpaired) electrons. The van der Waals surface area contributed by atoms with E-state index in [1.807, 2.05) is 4.90 Å². The molecule has 0 N–H and O–H groups in total. The van der Waals surface area contributed by atoms with Crippen LogP contribution in [0.2, 0.25) is 5.02 Å². The highest BCUT2D eigenvalue weighted by atomic mass is 35.5. The van der Waals surface area contributed by atoms with Gasteiger partial charge in [-0.2, -0.15) is 4.98 Å². The van der Waals surface area contributed by atoms with Crippen LogP contribution in [0, 0.1) is 5.92 Å². The summed E-state index contributed by atoms with van der Waals surface area (Å²) in [4.78, 5) is 27.3. The zero-order valence-corrected chi connectivity index (χ0v) is 16.7. The number of ether oxygens (including phenoxy) is 1. The molecule has 4 rings (SSSR count). The minimum Gasteiger partial charge on any atom is -0.496 e. The van der Waals surface area contributed by atoms with E-state index in [-0.39, 0.29) is 5.91 Å². The summed E-state index contributed by atoms with van der Waals surface area (Å²) in [6.07, 6.45) is 7.20. The first-order valence-electron chi connectivity index (χ1n) is 9.36. The molecule has 8 nitrogen and oxygen atoms in total. The number of carbonyl (C=O) groups is 1. The van der Waals surface area contributed by atoms with Crippen molar-refractivity contribution in [2.75, 3.05) is 20.2 Å². The summed E-state index contributed by atoms with van der Waals surface area (Å²) in [5.41, 5.74) is 1.11. The average molecular weight is 414 g/mol. The molecule has 3 aromatic rings. The SMILES string of the molecule is COc1cc(Cl)ccc1C(=O)N1CCC(Cc2nc(-c3cnccn3)no2)CC1. The van der Waals surface area contributed by atoms with Gasteiger partial charge in [0.2, 0.25) is 11.7 Å². The van der Waals surface area contributed by atoms with Gasteiger partial charge in [-0.25, -0.2) is 4.98 Å². The minimum atomic E-state index is -0.0419. The molecular formula is C20H20ClN5O3. The average Bonchev–Trinajstić information content (AvgIpc) is 3.23. The number of amides is 1. The van der Waals surface area contributed by atoms with Gasteiger partial charge in [0.05, 0.1) is 18.9 Å². The van der Waals surface area contributed by atoms with E-state index in [4.69, 9.17) is 20.9 Å². The zero-order chi connectivity index (χ0) is 20.2. The molecule has 0 spiro atoms. The van der Waals surface area contributed by atoms with Gasteiger partial charge >= 0.3 is 0 Å². The Labute approximate surface area is 172 Å². The van der Waals surface area contributed by atoms with Crippen LogP contribution in [0.25, 0.3) is 11.5 Å². The van der Waals surface area contributed by atoms with Crippen LogP contribution < -0.4 is 4.74 Å². The lowest BCUT2D eigenvalue weighted by Gasteiger charge is -2.31. The molecule has 29 heavy (non-hydrogen) atoms. The van der Waals surface area contributed by atoms with Crippen molar-refractivity contribution < 1.29 is 14.1 Å². The highest BCUT2D eigenvalue weighted by Gasteiger charge is 2.27. The number of aromatic nitrogens is 4. The Morgan fingerprint density at radius 2 is 2.14 bits per heavy atom. The summed E-state index contributed by atoms with van der Waals surface area (Å²) in [6, 6.07) is 5.07. The Kier molecular flexibility index (Phi) is 5.71. The number of rotatable bonds is 5. The topological polar surface area (TPSA) is 94.2 Å². The standard InChI is InChI=1S/C20H20ClN5O3/c1-28-17-11-14(21)2-3-15(17)20(27)26-8-4-13(5-9-26)10-18-24-19(25-29-18)16-12-22-6-7-23-16/h2-3,6-7,11-13H,4-5,8-10H2,1H3. The van der Waals surface area contributed by atoms with E-state index in [9.17, 15) is 4.79 Å². The molecule has 0 saturated carbocycles. The summed E-state index contributed by atoms with van der Waals surface area (Å²) in [6.45, 7) is 1.33. The van der Waals surface area contributed by atoms with Crippen molar-refractivity contribution in [3.63, 3.8) is 0 Å². The van der Waals surface area contributed by atoms with Gasteiger partial charge < -0.3 is 14.2 Å². The second-order valence-electron chi connectivity index (χ2n) is 6.89. The van der Waals surface area contributed by atoms with Crippen molar-refractivity contribution in [3.8, 4) is 17.3 Å². The van der Waals surface area contributed by atoms with E-state index in [1.165, 1.54) is 7.11 Å². The molecule has 150 valence electrons. The lowest BCUT2D eigenvalue weighted by Crippen LogP contribution is -2.39. The molecule has 1 fully saturated rings. The van der Waals surface area contributed by atoms with Gasteiger partial charge in [-0.3, -0.25) is 9.78 Å². The largest absolute Gasteiger partial charge is 0.496 e. The van der Waals surface area contributed by atoms with Crippen LogP contribution in [0.3, 0.4) is 0 Å². The molecule has 0 aliphatic carbocycles. The van der Waals surface area contributed by atoms with Gasteiger partial charge in [0.25, 0.3) is 5.91 Å². The molecule has 1 aromatic carbocycles. The van der Waals surface area contributed by atoms with Gasteiger partial charge in [-0.15, -0.1) is 0 Å². The fourth-order valence-electron chi connectivity index (χ4n) is 3.46. The fourth-order valence-corrected chi connectivity index (χ4v) is 3.62. The number of nitrogens with zero attached hydrogens (tertiary/aromatic N) is 5. The number of carbonyl (C=O) groups excluding carboxylic acids is 1. The van der Waals surface area contributed by atoms with Crippen molar-refractivity contribution in [1.82, 2.24) is 25.0 Å². The Morgan fingerprint density at radius 3 is 2.86 bits per heavy atom. The third-order valence-electron chi connectivity index (χ3n) is 5.02. The second kappa shape index (κ2) is 8.57. The monoisotopic (exact) mass is 413 g/mol. The molecule has 1 aliphatic rings. The van der Waals surface area contributed by atoms with Crippen molar-refractivity contribution in [2.45, 2.75) is 19.3 Å². The van der Waals surface area contributed by atoms with Crippen LogP contribution in [-0.2, 0) is 6.42 Å². The molecule has 1 aliphatic heterocycles. The van der Waals surface area contributed by atoms with Crippen molar-refractivity contribution in [1.29, 1.82) is 0 Å². The molecule has 9 heteroatoms. The minimum absolute atomic E-state index is 0.0419. The molecule has 0 unspecified atom stereocenters. The number of halogens is 1. The summed E-state index contributed by atoms with van der Waals surface area (Å²) >= 11 is 5.99. The van der Waals surface area contributed by atoms with Crippen molar-refractivity contribution in [2.24, 2.45) is 5.92 Å². The van der Waals surface area contributed by atoms with Crippen LogP contribution in [0.4, 0.5) is 0 Å². The highest BCUT2D eigenvalue weighted by molar-refractivity contribution is 6.30. The van der Waals surface area contributed by atoms with E-state index in [2.05, 4.69) is 20.1 Å².